The SMILES string of the molecule is O=C(CSc1nnc(-c2ccc(F)cc2)c2ccccc12)N[C@@H]1CCCc2ccccc21. The Labute approximate surface area is 190 Å². The summed E-state index contributed by atoms with van der Waals surface area (Å²) in [7, 11) is 0. The van der Waals surface area contributed by atoms with Gasteiger partial charge >= 0.3 is 0 Å². The van der Waals surface area contributed by atoms with Gasteiger partial charge in [0.15, 0.2) is 0 Å². The van der Waals surface area contributed by atoms with Gasteiger partial charge in [-0.25, -0.2) is 4.39 Å². The van der Waals surface area contributed by atoms with Gasteiger partial charge in [0.25, 0.3) is 0 Å². The quantitative estimate of drug-likeness (QED) is 0.401. The minimum Gasteiger partial charge on any atom is -0.349 e. The van der Waals surface area contributed by atoms with E-state index in [2.05, 4.69) is 33.7 Å². The van der Waals surface area contributed by atoms with Crippen LogP contribution in [0.15, 0.2) is 77.8 Å². The van der Waals surface area contributed by atoms with Crippen LogP contribution >= 0.6 is 11.8 Å². The number of rotatable bonds is 5. The topological polar surface area (TPSA) is 54.9 Å². The molecule has 0 saturated heterocycles. The molecule has 3 aromatic carbocycles. The Balaban J connectivity index is 1.34. The van der Waals surface area contributed by atoms with Crippen molar-refractivity contribution in [3.63, 3.8) is 0 Å². The molecule has 4 nitrogen and oxygen atoms in total. The fourth-order valence-electron chi connectivity index (χ4n) is 4.28. The van der Waals surface area contributed by atoms with Crippen molar-refractivity contribution < 1.29 is 9.18 Å². The average molecular weight is 444 g/mol. The molecule has 1 aliphatic carbocycles. The second-order valence-corrected chi connectivity index (χ2v) is 8.87. The van der Waals surface area contributed by atoms with E-state index in [0.717, 1.165) is 35.6 Å². The van der Waals surface area contributed by atoms with Crippen LogP contribution in [-0.2, 0) is 11.2 Å². The molecule has 0 unspecified atom stereocenters. The molecule has 1 atom stereocenters. The number of halogens is 1. The molecule has 1 N–H and O–H groups in total. The molecule has 0 saturated carbocycles. The Hall–Kier alpha value is -3.25. The van der Waals surface area contributed by atoms with Gasteiger partial charge in [-0.05, 0) is 54.7 Å². The predicted octanol–water partition coefficient (Wildman–Crippen LogP) is 5.72. The molecular formula is C26H22FN3OS. The van der Waals surface area contributed by atoms with Crippen molar-refractivity contribution in [3.05, 3.63) is 89.7 Å². The summed E-state index contributed by atoms with van der Waals surface area (Å²) >= 11 is 1.39. The van der Waals surface area contributed by atoms with Gasteiger partial charge in [-0.15, -0.1) is 10.2 Å². The maximum absolute atomic E-state index is 13.3. The fraction of sp³-hybridized carbons (Fsp3) is 0.192. The van der Waals surface area contributed by atoms with Gasteiger partial charge in [0.05, 0.1) is 11.8 Å². The summed E-state index contributed by atoms with van der Waals surface area (Å²) in [6, 6.07) is 22.5. The Morgan fingerprint density at radius 1 is 0.969 bits per heavy atom. The number of hydrogen-bond donors (Lipinski definition) is 1. The molecule has 0 fully saturated rings. The lowest BCUT2D eigenvalue weighted by atomic mass is 9.88. The van der Waals surface area contributed by atoms with Crippen LogP contribution in [0, 0.1) is 5.82 Å². The van der Waals surface area contributed by atoms with Crippen LogP contribution in [0.4, 0.5) is 4.39 Å². The summed E-state index contributed by atoms with van der Waals surface area (Å²) in [4.78, 5) is 12.7. The molecule has 1 aliphatic rings. The largest absolute Gasteiger partial charge is 0.349 e. The molecular weight excluding hydrogens is 421 g/mol. The van der Waals surface area contributed by atoms with Gasteiger partial charge in [-0.1, -0.05) is 60.3 Å². The van der Waals surface area contributed by atoms with Crippen molar-refractivity contribution in [2.75, 3.05) is 5.75 Å². The van der Waals surface area contributed by atoms with Gasteiger partial charge in [0, 0.05) is 16.3 Å². The van der Waals surface area contributed by atoms with Crippen molar-refractivity contribution in [1.29, 1.82) is 0 Å². The van der Waals surface area contributed by atoms with Crippen LogP contribution in [0.3, 0.4) is 0 Å². The third kappa shape index (κ3) is 4.23. The lowest BCUT2D eigenvalue weighted by Crippen LogP contribution is -2.32. The first kappa shape index (κ1) is 20.6. The normalized spacial score (nSPS) is 15.3. The fourth-order valence-corrected chi connectivity index (χ4v) is 5.06. The standard InChI is InChI=1S/C26H22FN3OS/c27-19-14-12-18(13-15-19)25-21-9-3-4-10-22(21)26(30-29-25)32-16-24(31)28-23-11-5-7-17-6-1-2-8-20(17)23/h1-4,6,8-10,12-15,23H,5,7,11,16H2,(H,28,31)/t23-/m1/s1. The van der Waals surface area contributed by atoms with E-state index in [4.69, 9.17) is 0 Å². The number of carbonyl (C=O) groups excluding carboxylic acids is 1. The molecule has 5 rings (SSSR count). The minimum atomic E-state index is -0.287. The van der Waals surface area contributed by atoms with Crippen molar-refractivity contribution in [3.8, 4) is 11.3 Å². The molecule has 1 amide bonds. The number of hydrogen-bond acceptors (Lipinski definition) is 4. The molecule has 1 heterocycles. The molecule has 6 heteroatoms. The van der Waals surface area contributed by atoms with Crippen LogP contribution in [-0.4, -0.2) is 21.9 Å². The number of thioether (sulfide) groups is 1. The first-order chi connectivity index (χ1) is 15.7. The van der Waals surface area contributed by atoms with Gasteiger partial charge in [-0.2, -0.15) is 0 Å². The summed E-state index contributed by atoms with van der Waals surface area (Å²) in [5.74, 6) is -0.0252. The van der Waals surface area contributed by atoms with E-state index < -0.39 is 0 Å². The van der Waals surface area contributed by atoms with Crippen LogP contribution in [0.25, 0.3) is 22.0 Å². The molecule has 4 aromatic rings. The molecule has 0 spiro atoms. The number of aryl methyl sites for hydroxylation is 1. The third-order valence-electron chi connectivity index (χ3n) is 5.82. The van der Waals surface area contributed by atoms with Gasteiger partial charge < -0.3 is 5.32 Å². The van der Waals surface area contributed by atoms with Crippen molar-refractivity contribution in [2.24, 2.45) is 0 Å². The second kappa shape index (κ2) is 9.09. The highest BCUT2D eigenvalue weighted by Gasteiger charge is 2.21. The molecule has 0 bridgehead atoms. The zero-order chi connectivity index (χ0) is 21.9. The van der Waals surface area contributed by atoms with E-state index in [1.54, 1.807) is 12.1 Å². The Kier molecular flexibility index (Phi) is 5.86. The number of aromatic nitrogens is 2. The van der Waals surface area contributed by atoms with Crippen LogP contribution in [0.5, 0.6) is 0 Å². The summed E-state index contributed by atoms with van der Waals surface area (Å²) in [5.41, 5.74) is 4.06. The monoisotopic (exact) mass is 443 g/mol. The number of carbonyl (C=O) groups is 1. The molecule has 0 radical (unpaired) electrons. The Morgan fingerprint density at radius 3 is 2.56 bits per heavy atom. The first-order valence-corrected chi connectivity index (χ1v) is 11.7. The average Bonchev–Trinajstić information content (AvgIpc) is 2.83. The van der Waals surface area contributed by atoms with E-state index >= 15 is 0 Å². The highest BCUT2D eigenvalue weighted by atomic mass is 32.2. The molecule has 1 aromatic heterocycles. The number of nitrogens with one attached hydrogen (secondary N) is 1. The predicted molar refractivity (Wildman–Crippen MR) is 126 cm³/mol. The van der Waals surface area contributed by atoms with Crippen molar-refractivity contribution in [1.82, 2.24) is 15.5 Å². The zero-order valence-electron chi connectivity index (χ0n) is 17.4. The summed E-state index contributed by atoms with van der Waals surface area (Å²) in [5, 5.41) is 14.6. The highest BCUT2D eigenvalue weighted by molar-refractivity contribution is 8.00. The Morgan fingerprint density at radius 2 is 1.72 bits per heavy atom. The van der Waals surface area contributed by atoms with E-state index in [1.165, 1.54) is 35.0 Å². The number of nitrogens with zero attached hydrogens (tertiary/aromatic N) is 2. The lowest BCUT2D eigenvalue weighted by molar-refractivity contribution is -0.119. The van der Waals surface area contributed by atoms with Crippen LogP contribution in [0.1, 0.15) is 30.0 Å². The van der Waals surface area contributed by atoms with Crippen molar-refractivity contribution >= 4 is 28.4 Å². The number of fused-ring (bicyclic) bond motifs is 2. The molecule has 32 heavy (non-hydrogen) atoms. The van der Waals surface area contributed by atoms with E-state index in [-0.39, 0.29) is 23.5 Å². The van der Waals surface area contributed by atoms with E-state index in [9.17, 15) is 9.18 Å². The highest BCUT2D eigenvalue weighted by Crippen LogP contribution is 2.32. The lowest BCUT2D eigenvalue weighted by Gasteiger charge is -2.26. The van der Waals surface area contributed by atoms with Gasteiger partial charge in [-0.3, -0.25) is 4.79 Å². The summed E-state index contributed by atoms with van der Waals surface area (Å²) in [6.45, 7) is 0. The Bertz CT molecular complexity index is 1280. The summed E-state index contributed by atoms with van der Waals surface area (Å²) in [6.07, 6.45) is 3.11. The zero-order valence-corrected chi connectivity index (χ0v) is 18.2. The first-order valence-electron chi connectivity index (χ1n) is 10.7. The van der Waals surface area contributed by atoms with E-state index in [0.29, 0.717) is 10.7 Å². The van der Waals surface area contributed by atoms with Gasteiger partial charge in [0.1, 0.15) is 16.5 Å². The maximum Gasteiger partial charge on any atom is 0.230 e. The minimum absolute atomic E-state index is 0.00908. The molecule has 0 aliphatic heterocycles. The third-order valence-corrected chi connectivity index (χ3v) is 6.80. The second-order valence-electron chi connectivity index (χ2n) is 7.91. The van der Waals surface area contributed by atoms with Crippen molar-refractivity contribution in [2.45, 2.75) is 30.3 Å². The number of amides is 1. The number of benzene rings is 3. The molecule has 160 valence electrons. The van der Waals surface area contributed by atoms with Crippen LogP contribution < -0.4 is 5.32 Å². The van der Waals surface area contributed by atoms with E-state index in [1.807, 2.05) is 30.3 Å². The van der Waals surface area contributed by atoms with Crippen LogP contribution in [0.2, 0.25) is 0 Å². The summed E-state index contributed by atoms with van der Waals surface area (Å²) < 4.78 is 13.3. The maximum atomic E-state index is 13.3. The van der Waals surface area contributed by atoms with Gasteiger partial charge in [0.2, 0.25) is 5.91 Å². The smallest absolute Gasteiger partial charge is 0.230 e.